The van der Waals surface area contributed by atoms with Gasteiger partial charge in [0.25, 0.3) is 0 Å². The Labute approximate surface area is 190 Å². The van der Waals surface area contributed by atoms with Gasteiger partial charge in [-0.25, -0.2) is 8.42 Å². The first-order valence-electron chi connectivity index (χ1n) is 10.8. The summed E-state index contributed by atoms with van der Waals surface area (Å²) in [5.74, 6) is -0.707. The van der Waals surface area contributed by atoms with Gasteiger partial charge in [0, 0.05) is 18.7 Å². The molecule has 1 aliphatic heterocycles. The van der Waals surface area contributed by atoms with E-state index in [2.05, 4.69) is 10.0 Å². The van der Waals surface area contributed by atoms with Crippen LogP contribution in [0.5, 0.6) is 0 Å². The lowest BCUT2D eigenvalue weighted by atomic mass is 10.0. The molecule has 0 saturated heterocycles. The minimum absolute atomic E-state index is 0.0259. The fourth-order valence-corrected chi connectivity index (χ4v) is 5.50. The number of anilines is 1. The van der Waals surface area contributed by atoms with Gasteiger partial charge in [0.2, 0.25) is 21.8 Å². The van der Waals surface area contributed by atoms with Gasteiger partial charge in [0.15, 0.2) is 0 Å². The van der Waals surface area contributed by atoms with E-state index in [0.29, 0.717) is 6.42 Å². The van der Waals surface area contributed by atoms with Crippen molar-refractivity contribution >= 4 is 27.5 Å². The highest BCUT2D eigenvalue weighted by Crippen LogP contribution is 2.34. The highest BCUT2D eigenvalue weighted by atomic mass is 32.2. The Morgan fingerprint density at radius 1 is 1.06 bits per heavy atom. The Morgan fingerprint density at radius 3 is 2.31 bits per heavy atom. The molecule has 0 spiro atoms. The van der Waals surface area contributed by atoms with E-state index in [1.165, 1.54) is 13.0 Å². The van der Waals surface area contributed by atoms with Crippen molar-refractivity contribution in [3.05, 3.63) is 59.7 Å². The number of carbonyl (C=O) groups excluding carboxylic acids is 2. The van der Waals surface area contributed by atoms with Gasteiger partial charge in [-0.1, -0.05) is 44.2 Å². The SMILES string of the molecule is CC(=O)N1c2ccc(S(=O)(=O)NC(C(=O)NC(C)c3ccccc3)C(C)C)cc2CC1C. The molecule has 172 valence electrons. The Hall–Kier alpha value is -2.71. The summed E-state index contributed by atoms with van der Waals surface area (Å²) in [7, 11) is -3.94. The van der Waals surface area contributed by atoms with E-state index in [4.69, 9.17) is 0 Å². The van der Waals surface area contributed by atoms with E-state index in [1.54, 1.807) is 30.9 Å². The van der Waals surface area contributed by atoms with Crippen molar-refractivity contribution in [3.63, 3.8) is 0 Å². The van der Waals surface area contributed by atoms with Crippen molar-refractivity contribution in [1.82, 2.24) is 10.0 Å². The fraction of sp³-hybridized carbons (Fsp3) is 0.417. The van der Waals surface area contributed by atoms with Crippen molar-refractivity contribution in [3.8, 4) is 0 Å². The molecule has 1 heterocycles. The predicted octanol–water partition coefficient (Wildman–Crippen LogP) is 3.16. The molecule has 2 aromatic rings. The summed E-state index contributed by atoms with van der Waals surface area (Å²) in [6.45, 7) is 8.90. The maximum Gasteiger partial charge on any atom is 0.241 e. The molecule has 0 fully saturated rings. The van der Waals surface area contributed by atoms with Crippen LogP contribution in [0.25, 0.3) is 0 Å². The largest absolute Gasteiger partial charge is 0.348 e. The maximum absolute atomic E-state index is 13.1. The first-order valence-corrected chi connectivity index (χ1v) is 12.3. The second-order valence-corrected chi connectivity index (χ2v) is 10.4. The lowest BCUT2D eigenvalue weighted by Crippen LogP contribution is -2.50. The summed E-state index contributed by atoms with van der Waals surface area (Å²) in [5.41, 5.74) is 2.48. The Bertz CT molecular complexity index is 1100. The van der Waals surface area contributed by atoms with Gasteiger partial charge in [-0.15, -0.1) is 0 Å². The minimum Gasteiger partial charge on any atom is -0.348 e. The lowest BCUT2D eigenvalue weighted by Gasteiger charge is -2.24. The van der Waals surface area contributed by atoms with Crippen LogP contribution < -0.4 is 14.9 Å². The average molecular weight is 458 g/mol. The van der Waals surface area contributed by atoms with Crippen molar-refractivity contribution in [2.45, 2.75) is 64.1 Å². The molecule has 0 radical (unpaired) electrons. The van der Waals surface area contributed by atoms with Crippen molar-refractivity contribution in [2.24, 2.45) is 5.92 Å². The zero-order valence-electron chi connectivity index (χ0n) is 19.1. The highest BCUT2D eigenvalue weighted by molar-refractivity contribution is 7.89. The molecule has 3 unspecified atom stereocenters. The Kier molecular flexibility index (Phi) is 7.05. The second kappa shape index (κ2) is 9.42. The van der Waals surface area contributed by atoms with Crippen LogP contribution in [-0.4, -0.2) is 32.3 Å². The quantitative estimate of drug-likeness (QED) is 0.668. The third kappa shape index (κ3) is 5.02. The molecule has 0 bridgehead atoms. The van der Waals surface area contributed by atoms with Crippen LogP contribution in [0.3, 0.4) is 0 Å². The molecule has 32 heavy (non-hydrogen) atoms. The molecule has 7 nitrogen and oxygen atoms in total. The van der Waals surface area contributed by atoms with Crippen molar-refractivity contribution in [2.75, 3.05) is 4.90 Å². The van der Waals surface area contributed by atoms with Gasteiger partial charge in [-0.05, 0) is 55.5 Å². The number of amides is 2. The maximum atomic E-state index is 13.1. The third-order valence-electron chi connectivity index (χ3n) is 5.81. The van der Waals surface area contributed by atoms with Gasteiger partial charge in [0.05, 0.1) is 10.9 Å². The molecule has 2 N–H and O–H groups in total. The number of benzene rings is 2. The zero-order chi connectivity index (χ0) is 23.6. The molecule has 1 aliphatic rings. The summed E-state index contributed by atoms with van der Waals surface area (Å²) in [6, 6.07) is 13.0. The first kappa shape index (κ1) is 23.9. The number of sulfonamides is 1. The molecular weight excluding hydrogens is 426 g/mol. The van der Waals surface area contributed by atoms with Gasteiger partial charge in [-0.3, -0.25) is 9.59 Å². The van der Waals surface area contributed by atoms with Gasteiger partial charge in [0.1, 0.15) is 6.04 Å². The first-order chi connectivity index (χ1) is 15.0. The van der Waals surface area contributed by atoms with Gasteiger partial charge >= 0.3 is 0 Å². The van der Waals surface area contributed by atoms with E-state index in [1.807, 2.05) is 44.2 Å². The lowest BCUT2D eigenvalue weighted by molar-refractivity contribution is -0.124. The number of hydrogen-bond donors (Lipinski definition) is 2. The van der Waals surface area contributed by atoms with Crippen molar-refractivity contribution < 1.29 is 18.0 Å². The Morgan fingerprint density at radius 2 is 1.72 bits per heavy atom. The van der Waals surface area contributed by atoms with Gasteiger partial charge < -0.3 is 10.2 Å². The summed E-state index contributed by atoms with van der Waals surface area (Å²) in [4.78, 5) is 26.6. The molecule has 2 aromatic carbocycles. The average Bonchev–Trinajstić information content (AvgIpc) is 3.07. The summed E-state index contributed by atoms with van der Waals surface area (Å²) in [5, 5.41) is 2.91. The highest BCUT2D eigenvalue weighted by Gasteiger charge is 2.32. The van der Waals surface area contributed by atoms with Crippen LogP contribution in [0, 0.1) is 5.92 Å². The van der Waals surface area contributed by atoms with E-state index >= 15 is 0 Å². The van der Waals surface area contributed by atoms with Crippen LogP contribution in [-0.2, 0) is 26.0 Å². The van der Waals surface area contributed by atoms with Gasteiger partial charge in [-0.2, -0.15) is 4.72 Å². The van der Waals surface area contributed by atoms with E-state index in [9.17, 15) is 18.0 Å². The van der Waals surface area contributed by atoms with Crippen LogP contribution >= 0.6 is 0 Å². The van der Waals surface area contributed by atoms with Crippen LogP contribution in [0.15, 0.2) is 53.4 Å². The standard InChI is InChI=1S/C24H31N3O4S/c1-15(2)23(24(29)25-17(4)19-9-7-6-8-10-19)26-32(30,31)21-11-12-22-20(14-21)13-16(3)27(22)18(5)28/h6-12,14-17,23,26H,13H2,1-5H3,(H,25,29). The smallest absolute Gasteiger partial charge is 0.241 e. The molecule has 8 heteroatoms. The van der Waals surface area contributed by atoms with Crippen LogP contribution in [0.4, 0.5) is 5.69 Å². The third-order valence-corrected chi connectivity index (χ3v) is 7.24. The molecule has 0 saturated carbocycles. The predicted molar refractivity (Wildman–Crippen MR) is 125 cm³/mol. The molecule has 3 rings (SSSR count). The number of rotatable bonds is 7. The Balaban J connectivity index is 1.80. The summed E-state index contributed by atoms with van der Waals surface area (Å²) in [6.07, 6.45) is 0.584. The van der Waals surface area contributed by atoms with Crippen molar-refractivity contribution in [1.29, 1.82) is 0 Å². The van der Waals surface area contributed by atoms with E-state index < -0.39 is 16.1 Å². The monoisotopic (exact) mass is 457 g/mol. The normalized spacial score (nSPS) is 17.7. The minimum atomic E-state index is -3.94. The zero-order valence-corrected chi connectivity index (χ0v) is 19.9. The number of nitrogens with one attached hydrogen (secondary N) is 2. The molecule has 0 aromatic heterocycles. The number of hydrogen-bond acceptors (Lipinski definition) is 4. The topological polar surface area (TPSA) is 95.6 Å². The van der Waals surface area contributed by atoms with E-state index in [-0.39, 0.29) is 34.7 Å². The number of nitrogens with zero attached hydrogens (tertiary/aromatic N) is 1. The van der Waals surface area contributed by atoms with Crippen LogP contribution in [0.2, 0.25) is 0 Å². The molecule has 0 aliphatic carbocycles. The second-order valence-electron chi connectivity index (χ2n) is 8.72. The van der Waals surface area contributed by atoms with Crippen LogP contribution in [0.1, 0.15) is 51.8 Å². The summed E-state index contributed by atoms with van der Waals surface area (Å²) < 4.78 is 28.8. The number of carbonyl (C=O) groups is 2. The fourth-order valence-electron chi connectivity index (χ4n) is 4.11. The summed E-state index contributed by atoms with van der Waals surface area (Å²) >= 11 is 0. The molecular formula is C24H31N3O4S. The molecule has 3 atom stereocenters. The number of fused-ring (bicyclic) bond motifs is 1. The molecule has 2 amide bonds. The van der Waals surface area contributed by atoms with E-state index in [0.717, 1.165) is 16.8 Å².